The number of hydrogen-bond donors (Lipinski definition) is 2. The Balaban J connectivity index is 2.25. The number of hydrogen-bond acceptors (Lipinski definition) is 3. The lowest BCUT2D eigenvalue weighted by Gasteiger charge is -2.16. The smallest absolute Gasteiger partial charge is 0.252 e. The summed E-state index contributed by atoms with van der Waals surface area (Å²) in [5.74, 6) is -0.784. The van der Waals surface area contributed by atoms with Crippen molar-refractivity contribution in [1.29, 1.82) is 0 Å². The van der Waals surface area contributed by atoms with Gasteiger partial charge in [-0.15, -0.1) is 0 Å². The Morgan fingerprint density at radius 1 is 1.17 bits per heavy atom. The first-order chi connectivity index (χ1) is 10.7. The lowest BCUT2D eigenvalue weighted by molar-refractivity contribution is 0.0939. The summed E-state index contributed by atoms with van der Waals surface area (Å²) in [5.41, 5.74) is 1.59. The van der Waals surface area contributed by atoms with Gasteiger partial charge in [0.1, 0.15) is 5.82 Å². The molecule has 23 heavy (non-hydrogen) atoms. The van der Waals surface area contributed by atoms with Gasteiger partial charge in [-0.3, -0.25) is 4.79 Å². The summed E-state index contributed by atoms with van der Waals surface area (Å²) in [5, 5.41) is 7.84. The molecule has 3 N–H and O–H groups in total. The number of halogens is 1. The fraction of sp³-hybridized carbons (Fsp3) is 0.188. The maximum Gasteiger partial charge on any atom is 0.252 e. The van der Waals surface area contributed by atoms with Gasteiger partial charge in [0.05, 0.1) is 10.9 Å². The van der Waals surface area contributed by atoms with Crippen LogP contribution < -0.4 is 10.5 Å². The number of nitrogens with one attached hydrogen (secondary N) is 1. The third-order valence-electron chi connectivity index (χ3n) is 3.50. The molecule has 0 saturated heterocycles. The molecule has 0 heterocycles. The molecule has 0 radical (unpaired) electrons. The van der Waals surface area contributed by atoms with Crippen LogP contribution in [0, 0.1) is 12.7 Å². The van der Waals surface area contributed by atoms with Gasteiger partial charge in [-0.1, -0.05) is 18.2 Å². The highest BCUT2D eigenvalue weighted by Crippen LogP contribution is 2.17. The molecule has 1 amide bonds. The number of primary sulfonamides is 1. The van der Waals surface area contributed by atoms with Crippen LogP contribution >= 0.6 is 0 Å². The molecule has 2 aromatic carbocycles. The Morgan fingerprint density at radius 2 is 1.78 bits per heavy atom. The van der Waals surface area contributed by atoms with Crippen LogP contribution in [0.25, 0.3) is 0 Å². The van der Waals surface area contributed by atoms with E-state index in [2.05, 4.69) is 5.32 Å². The van der Waals surface area contributed by atoms with Crippen molar-refractivity contribution in [1.82, 2.24) is 5.32 Å². The molecule has 122 valence electrons. The molecule has 0 saturated carbocycles. The van der Waals surface area contributed by atoms with Crippen molar-refractivity contribution >= 4 is 15.9 Å². The van der Waals surface area contributed by atoms with E-state index in [1.165, 1.54) is 30.3 Å². The minimum Gasteiger partial charge on any atom is -0.346 e. The van der Waals surface area contributed by atoms with Gasteiger partial charge in [-0.25, -0.2) is 17.9 Å². The zero-order valence-corrected chi connectivity index (χ0v) is 13.5. The largest absolute Gasteiger partial charge is 0.346 e. The third-order valence-corrected chi connectivity index (χ3v) is 4.41. The number of aryl methyl sites for hydroxylation is 1. The minimum absolute atomic E-state index is 0.123. The summed E-state index contributed by atoms with van der Waals surface area (Å²) in [6.07, 6.45) is 0. The van der Waals surface area contributed by atoms with Crippen molar-refractivity contribution in [3.8, 4) is 0 Å². The monoisotopic (exact) mass is 336 g/mol. The second-order valence-corrected chi connectivity index (χ2v) is 6.83. The Labute approximate surface area is 134 Å². The second kappa shape index (κ2) is 6.47. The first kappa shape index (κ1) is 17.1. The number of amides is 1. The Kier molecular flexibility index (Phi) is 4.82. The predicted octanol–water partition coefficient (Wildman–Crippen LogP) is 2.27. The van der Waals surface area contributed by atoms with Crippen molar-refractivity contribution in [2.75, 3.05) is 0 Å². The number of carbonyl (C=O) groups is 1. The number of rotatable bonds is 4. The van der Waals surface area contributed by atoms with Crippen molar-refractivity contribution in [2.24, 2.45) is 5.14 Å². The zero-order valence-electron chi connectivity index (χ0n) is 12.7. The van der Waals surface area contributed by atoms with Gasteiger partial charge >= 0.3 is 0 Å². The molecule has 1 atom stereocenters. The highest BCUT2D eigenvalue weighted by molar-refractivity contribution is 7.89. The van der Waals surface area contributed by atoms with E-state index in [1.54, 1.807) is 26.0 Å². The molecule has 0 spiro atoms. The normalized spacial score (nSPS) is 12.7. The molecule has 2 aromatic rings. The molecule has 7 heteroatoms. The summed E-state index contributed by atoms with van der Waals surface area (Å²) in [6.45, 7) is 3.45. The molecule has 0 aliphatic rings. The van der Waals surface area contributed by atoms with Gasteiger partial charge in [0.25, 0.3) is 5.91 Å². The van der Waals surface area contributed by atoms with Crippen molar-refractivity contribution in [2.45, 2.75) is 24.8 Å². The first-order valence-electron chi connectivity index (χ1n) is 6.88. The van der Waals surface area contributed by atoms with E-state index in [-0.39, 0.29) is 22.3 Å². The third kappa shape index (κ3) is 4.14. The van der Waals surface area contributed by atoms with Crippen molar-refractivity contribution < 1.29 is 17.6 Å². The van der Waals surface area contributed by atoms with Gasteiger partial charge in [0, 0.05) is 5.56 Å². The summed E-state index contributed by atoms with van der Waals surface area (Å²) < 4.78 is 35.7. The van der Waals surface area contributed by atoms with Gasteiger partial charge in [-0.2, -0.15) is 0 Å². The van der Waals surface area contributed by atoms with Crippen LogP contribution in [-0.2, 0) is 10.0 Å². The molecule has 0 aliphatic heterocycles. The standard InChI is InChI=1S/C16H17FN2O3S/c1-10-3-8-14(23(18,21)22)9-15(10)16(20)19-11(2)12-4-6-13(17)7-5-12/h3-9,11H,1-2H3,(H,19,20)(H2,18,21,22). The average molecular weight is 336 g/mol. The van der Waals surface area contributed by atoms with Crippen LogP contribution in [0.3, 0.4) is 0 Å². The van der Waals surface area contributed by atoms with Crippen LogP contribution in [0.15, 0.2) is 47.4 Å². The Hall–Kier alpha value is -2.25. The number of carbonyl (C=O) groups excluding carboxylic acids is 1. The molecular weight excluding hydrogens is 319 g/mol. The van der Waals surface area contributed by atoms with Crippen LogP contribution in [0.1, 0.15) is 34.5 Å². The van der Waals surface area contributed by atoms with Crippen molar-refractivity contribution in [3.63, 3.8) is 0 Å². The summed E-state index contributed by atoms with van der Waals surface area (Å²) in [6, 6.07) is 9.54. The second-order valence-electron chi connectivity index (χ2n) is 5.27. The molecule has 0 fully saturated rings. The van der Waals surface area contributed by atoms with Crippen LogP contribution in [0.4, 0.5) is 4.39 Å². The lowest BCUT2D eigenvalue weighted by atomic mass is 10.1. The molecular formula is C16H17FN2O3S. The van der Waals surface area contributed by atoms with E-state index in [0.29, 0.717) is 5.56 Å². The summed E-state index contributed by atoms with van der Waals surface area (Å²) in [7, 11) is -3.88. The van der Waals surface area contributed by atoms with E-state index in [1.807, 2.05) is 0 Å². The SMILES string of the molecule is Cc1ccc(S(N)(=O)=O)cc1C(=O)NC(C)c1ccc(F)cc1. The number of benzene rings is 2. The topological polar surface area (TPSA) is 89.3 Å². The summed E-state index contributed by atoms with van der Waals surface area (Å²) >= 11 is 0. The van der Waals surface area contributed by atoms with Gasteiger partial charge < -0.3 is 5.32 Å². The summed E-state index contributed by atoms with van der Waals surface area (Å²) in [4.78, 5) is 12.3. The lowest BCUT2D eigenvalue weighted by Crippen LogP contribution is -2.27. The predicted molar refractivity (Wildman–Crippen MR) is 84.8 cm³/mol. The maximum atomic E-state index is 12.9. The maximum absolute atomic E-state index is 12.9. The molecule has 0 aliphatic carbocycles. The van der Waals surface area contributed by atoms with Crippen LogP contribution in [0.2, 0.25) is 0 Å². The highest BCUT2D eigenvalue weighted by Gasteiger charge is 2.17. The number of nitrogens with two attached hydrogens (primary N) is 1. The van der Waals surface area contributed by atoms with Crippen LogP contribution in [-0.4, -0.2) is 14.3 Å². The van der Waals surface area contributed by atoms with E-state index in [4.69, 9.17) is 5.14 Å². The van der Waals surface area contributed by atoms with Crippen molar-refractivity contribution in [3.05, 3.63) is 65.0 Å². The first-order valence-corrected chi connectivity index (χ1v) is 8.43. The van der Waals surface area contributed by atoms with E-state index >= 15 is 0 Å². The number of sulfonamides is 1. The van der Waals surface area contributed by atoms with Crippen LogP contribution in [0.5, 0.6) is 0 Å². The van der Waals surface area contributed by atoms with Gasteiger partial charge in [-0.05, 0) is 49.2 Å². The average Bonchev–Trinajstić information content (AvgIpc) is 2.46. The quantitative estimate of drug-likeness (QED) is 0.897. The molecule has 2 rings (SSSR count). The Bertz CT molecular complexity index is 833. The van der Waals surface area contributed by atoms with E-state index in [0.717, 1.165) is 5.56 Å². The zero-order chi connectivity index (χ0) is 17.2. The fourth-order valence-corrected chi connectivity index (χ4v) is 2.67. The Morgan fingerprint density at radius 3 is 2.35 bits per heavy atom. The molecule has 0 bridgehead atoms. The minimum atomic E-state index is -3.88. The van der Waals surface area contributed by atoms with E-state index in [9.17, 15) is 17.6 Å². The van der Waals surface area contributed by atoms with Gasteiger partial charge in [0.2, 0.25) is 10.0 Å². The molecule has 5 nitrogen and oxygen atoms in total. The van der Waals surface area contributed by atoms with E-state index < -0.39 is 15.9 Å². The molecule has 1 unspecified atom stereocenters. The highest BCUT2D eigenvalue weighted by atomic mass is 32.2. The van der Waals surface area contributed by atoms with Gasteiger partial charge in [0.15, 0.2) is 0 Å². The fourth-order valence-electron chi connectivity index (χ4n) is 2.13. The molecule has 0 aromatic heterocycles.